The van der Waals surface area contributed by atoms with Crippen molar-refractivity contribution in [2.75, 3.05) is 0 Å². The molecule has 0 saturated heterocycles. The van der Waals surface area contributed by atoms with Crippen molar-refractivity contribution in [3.8, 4) is 11.3 Å². The smallest absolute Gasteiger partial charge is 0.254 e. The van der Waals surface area contributed by atoms with E-state index in [2.05, 4.69) is 46.7 Å². The molecule has 4 rings (SSSR count). The number of rotatable bonds is 5. The van der Waals surface area contributed by atoms with Crippen LogP contribution in [0, 0.1) is 6.92 Å². The Labute approximate surface area is 170 Å². The van der Waals surface area contributed by atoms with Gasteiger partial charge in [-0.25, -0.2) is 0 Å². The lowest BCUT2D eigenvalue weighted by Gasteiger charge is -2.12. The van der Waals surface area contributed by atoms with E-state index in [0.717, 1.165) is 28.5 Å². The van der Waals surface area contributed by atoms with Gasteiger partial charge in [0.05, 0.1) is 11.1 Å². The van der Waals surface area contributed by atoms with E-state index in [-0.39, 0.29) is 5.91 Å². The van der Waals surface area contributed by atoms with Crippen LogP contribution in [0.1, 0.15) is 34.0 Å². The molecule has 0 aliphatic carbocycles. The second-order valence-corrected chi connectivity index (χ2v) is 7.16. The summed E-state index contributed by atoms with van der Waals surface area (Å²) in [5.41, 5.74) is 6.26. The Morgan fingerprint density at radius 3 is 2.28 bits per heavy atom. The van der Waals surface area contributed by atoms with Gasteiger partial charge in [-0.15, -0.1) is 10.2 Å². The Bertz CT molecular complexity index is 1150. The highest BCUT2D eigenvalue weighted by molar-refractivity contribution is 6.10. The number of nitrogens with zero attached hydrogens (tertiary/aromatic N) is 2. The normalized spacial score (nSPS) is 10.8. The molecule has 0 bridgehead atoms. The van der Waals surface area contributed by atoms with Crippen molar-refractivity contribution in [1.82, 2.24) is 15.5 Å². The summed E-state index contributed by atoms with van der Waals surface area (Å²) in [4.78, 5) is 13.2. The maximum absolute atomic E-state index is 13.2. The topological polar surface area (TPSA) is 54.9 Å². The van der Waals surface area contributed by atoms with Crippen LogP contribution in [0.4, 0.5) is 0 Å². The molecule has 0 aliphatic heterocycles. The third-order valence-corrected chi connectivity index (χ3v) is 5.10. The number of aryl methyl sites for hydroxylation is 2. The van der Waals surface area contributed by atoms with E-state index >= 15 is 0 Å². The molecule has 0 spiro atoms. The average Bonchev–Trinajstić information content (AvgIpc) is 2.77. The van der Waals surface area contributed by atoms with Crippen LogP contribution in [0.15, 0.2) is 72.8 Å². The molecular weight excluding hydrogens is 358 g/mol. The first-order chi connectivity index (χ1) is 14.2. The number of carbonyl (C=O) groups is 1. The van der Waals surface area contributed by atoms with Crippen molar-refractivity contribution in [3.63, 3.8) is 0 Å². The molecule has 29 heavy (non-hydrogen) atoms. The molecule has 0 atom stereocenters. The van der Waals surface area contributed by atoms with Crippen LogP contribution in [0.5, 0.6) is 0 Å². The van der Waals surface area contributed by atoms with Crippen molar-refractivity contribution < 1.29 is 4.79 Å². The van der Waals surface area contributed by atoms with E-state index in [1.807, 2.05) is 55.5 Å². The van der Waals surface area contributed by atoms with Gasteiger partial charge in [0.1, 0.15) is 5.69 Å². The van der Waals surface area contributed by atoms with E-state index in [4.69, 9.17) is 0 Å². The van der Waals surface area contributed by atoms with Crippen LogP contribution in [0.3, 0.4) is 0 Å². The second kappa shape index (κ2) is 8.23. The number of amides is 1. The fraction of sp³-hybridized carbons (Fsp3) is 0.160. The molecule has 1 amide bonds. The minimum atomic E-state index is -0.147. The molecule has 4 nitrogen and oxygen atoms in total. The number of nitrogens with one attached hydrogen (secondary N) is 1. The van der Waals surface area contributed by atoms with Crippen LogP contribution < -0.4 is 5.32 Å². The molecule has 0 saturated carbocycles. The zero-order chi connectivity index (χ0) is 20.2. The van der Waals surface area contributed by atoms with Gasteiger partial charge in [-0.1, -0.05) is 79.2 Å². The summed E-state index contributed by atoms with van der Waals surface area (Å²) in [7, 11) is 0. The number of benzene rings is 3. The summed E-state index contributed by atoms with van der Waals surface area (Å²) in [6, 6.07) is 23.9. The standard InChI is InChI=1S/C25H23N3O/c1-3-18-10-12-19(13-11-18)16-26-25(29)23-21-6-4-5-7-22(21)27-28-24(23)20-14-8-17(2)9-15-20/h4-15H,3,16H2,1-2H3,(H,26,29). The van der Waals surface area contributed by atoms with E-state index in [9.17, 15) is 4.79 Å². The molecule has 1 aromatic heterocycles. The molecule has 3 aromatic carbocycles. The zero-order valence-electron chi connectivity index (χ0n) is 16.6. The monoisotopic (exact) mass is 381 g/mol. The number of carbonyl (C=O) groups excluding carboxylic acids is 1. The number of fused-ring (bicyclic) bond motifs is 1. The highest BCUT2D eigenvalue weighted by atomic mass is 16.1. The summed E-state index contributed by atoms with van der Waals surface area (Å²) in [5.74, 6) is -0.147. The van der Waals surface area contributed by atoms with Crippen molar-refractivity contribution in [2.45, 2.75) is 26.8 Å². The molecule has 1 N–H and O–H groups in total. The number of hydrogen-bond donors (Lipinski definition) is 1. The molecule has 4 heteroatoms. The van der Waals surface area contributed by atoms with Crippen LogP contribution in [-0.4, -0.2) is 16.1 Å². The van der Waals surface area contributed by atoms with Crippen LogP contribution in [0.2, 0.25) is 0 Å². The lowest BCUT2D eigenvalue weighted by atomic mass is 10.0. The average molecular weight is 381 g/mol. The first kappa shape index (κ1) is 18.8. The predicted molar refractivity (Wildman–Crippen MR) is 117 cm³/mol. The number of aromatic nitrogens is 2. The maximum atomic E-state index is 13.2. The van der Waals surface area contributed by atoms with Gasteiger partial charge < -0.3 is 5.32 Å². The molecule has 0 unspecified atom stereocenters. The fourth-order valence-electron chi connectivity index (χ4n) is 3.36. The highest BCUT2D eigenvalue weighted by Crippen LogP contribution is 2.27. The van der Waals surface area contributed by atoms with Crippen molar-refractivity contribution in [2.24, 2.45) is 0 Å². The molecule has 0 fully saturated rings. The molecule has 4 aromatic rings. The Hall–Kier alpha value is -3.53. The van der Waals surface area contributed by atoms with Crippen LogP contribution >= 0.6 is 0 Å². The lowest BCUT2D eigenvalue weighted by Crippen LogP contribution is -2.24. The fourth-order valence-corrected chi connectivity index (χ4v) is 3.36. The number of hydrogen-bond acceptors (Lipinski definition) is 3. The van der Waals surface area contributed by atoms with Gasteiger partial charge in [-0.2, -0.15) is 0 Å². The zero-order valence-corrected chi connectivity index (χ0v) is 16.6. The molecule has 0 radical (unpaired) electrons. The molecule has 1 heterocycles. The SMILES string of the molecule is CCc1ccc(CNC(=O)c2c(-c3ccc(C)cc3)nnc3ccccc23)cc1. The van der Waals surface area contributed by atoms with Crippen molar-refractivity contribution in [3.05, 3.63) is 95.1 Å². The first-order valence-electron chi connectivity index (χ1n) is 9.84. The molecule has 144 valence electrons. The van der Waals surface area contributed by atoms with Crippen LogP contribution in [-0.2, 0) is 13.0 Å². The van der Waals surface area contributed by atoms with E-state index in [1.165, 1.54) is 5.56 Å². The summed E-state index contributed by atoms with van der Waals surface area (Å²) >= 11 is 0. The summed E-state index contributed by atoms with van der Waals surface area (Å²) < 4.78 is 0. The Balaban J connectivity index is 1.70. The summed E-state index contributed by atoms with van der Waals surface area (Å²) in [6.45, 7) is 4.63. The van der Waals surface area contributed by atoms with Crippen LogP contribution in [0.25, 0.3) is 22.2 Å². The third-order valence-electron chi connectivity index (χ3n) is 5.10. The van der Waals surface area contributed by atoms with E-state index < -0.39 is 0 Å². The Morgan fingerprint density at radius 2 is 1.55 bits per heavy atom. The van der Waals surface area contributed by atoms with Gasteiger partial charge in [0.2, 0.25) is 0 Å². The van der Waals surface area contributed by atoms with Gasteiger partial charge in [0, 0.05) is 17.5 Å². The Morgan fingerprint density at radius 1 is 0.862 bits per heavy atom. The largest absolute Gasteiger partial charge is 0.348 e. The van der Waals surface area contributed by atoms with Gasteiger partial charge in [0.25, 0.3) is 5.91 Å². The van der Waals surface area contributed by atoms with E-state index in [1.54, 1.807) is 0 Å². The summed E-state index contributed by atoms with van der Waals surface area (Å²) in [5, 5.41) is 12.6. The second-order valence-electron chi connectivity index (χ2n) is 7.16. The van der Waals surface area contributed by atoms with Gasteiger partial charge in [-0.05, 0) is 30.5 Å². The minimum Gasteiger partial charge on any atom is -0.348 e. The highest BCUT2D eigenvalue weighted by Gasteiger charge is 2.19. The van der Waals surface area contributed by atoms with Crippen molar-refractivity contribution in [1.29, 1.82) is 0 Å². The quantitative estimate of drug-likeness (QED) is 0.523. The first-order valence-corrected chi connectivity index (χ1v) is 9.84. The van der Waals surface area contributed by atoms with Gasteiger partial charge in [0.15, 0.2) is 0 Å². The molecular formula is C25H23N3O. The minimum absolute atomic E-state index is 0.147. The summed E-state index contributed by atoms with van der Waals surface area (Å²) in [6.07, 6.45) is 1.00. The predicted octanol–water partition coefficient (Wildman–Crippen LogP) is 5.10. The third kappa shape index (κ3) is 4.02. The molecule has 0 aliphatic rings. The van der Waals surface area contributed by atoms with Gasteiger partial charge in [-0.3, -0.25) is 4.79 Å². The maximum Gasteiger partial charge on any atom is 0.254 e. The van der Waals surface area contributed by atoms with E-state index in [0.29, 0.717) is 23.3 Å². The lowest BCUT2D eigenvalue weighted by molar-refractivity contribution is 0.0953. The van der Waals surface area contributed by atoms with Gasteiger partial charge >= 0.3 is 0 Å². The van der Waals surface area contributed by atoms with Crippen molar-refractivity contribution >= 4 is 16.8 Å². The Kier molecular flexibility index (Phi) is 5.34.